The maximum Gasteiger partial charge on any atom is 0.241 e. The normalized spacial score (nSPS) is 21.1. The van der Waals surface area contributed by atoms with Crippen LogP contribution in [-0.2, 0) is 19.8 Å². The van der Waals surface area contributed by atoms with Gasteiger partial charge < -0.3 is 4.90 Å². The molecule has 1 aromatic heterocycles. The highest BCUT2D eigenvalue weighted by molar-refractivity contribution is 7.09. The molecule has 1 saturated carbocycles. The van der Waals surface area contributed by atoms with E-state index in [1.807, 2.05) is 66.9 Å². The molecule has 3 aromatic rings. The molecule has 1 saturated heterocycles. The van der Waals surface area contributed by atoms with Gasteiger partial charge >= 0.3 is 0 Å². The number of carbonyl (C=O) groups is 3. The molecule has 174 valence electrons. The molecule has 0 bridgehead atoms. The monoisotopic (exact) mass is 473 g/mol. The highest BCUT2D eigenvalue weighted by atomic mass is 32.1. The molecule has 2 heterocycles. The van der Waals surface area contributed by atoms with E-state index in [1.54, 1.807) is 18.1 Å². The Labute approximate surface area is 203 Å². The molecule has 0 radical (unpaired) electrons. The lowest BCUT2D eigenvalue weighted by Crippen LogP contribution is -2.43. The molecule has 0 spiro atoms. The number of aromatic nitrogens is 1. The molecular formula is C27H27N3O3S. The minimum Gasteiger partial charge on any atom is -0.337 e. The number of carbonyl (C=O) groups excluding carboxylic acids is 3. The third kappa shape index (κ3) is 3.94. The average Bonchev–Trinajstić information content (AvgIpc) is 3.46. The van der Waals surface area contributed by atoms with E-state index in [0.717, 1.165) is 34.5 Å². The Hall–Kier alpha value is -3.32. The first kappa shape index (κ1) is 22.5. The van der Waals surface area contributed by atoms with Gasteiger partial charge in [0.1, 0.15) is 5.01 Å². The number of hydrogen-bond donors (Lipinski definition) is 0. The zero-order valence-corrected chi connectivity index (χ0v) is 20.1. The van der Waals surface area contributed by atoms with Crippen molar-refractivity contribution in [2.75, 3.05) is 7.05 Å². The van der Waals surface area contributed by atoms with E-state index in [-0.39, 0.29) is 42.6 Å². The summed E-state index contributed by atoms with van der Waals surface area (Å²) in [4.78, 5) is 47.6. The van der Waals surface area contributed by atoms with Crippen molar-refractivity contribution >= 4 is 29.1 Å². The number of hydrogen-bond acceptors (Lipinski definition) is 5. The van der Waals surface area contributed by atoms with E-state index in [2.05, 4.69) is 4.98 Å². The summed E-state index contributed by atoms with van der Waals surface area (Å²) in [5, 5.41) is 2.72. The molecule has 34 heavy (non-hydrogen) atoms. The highest BCUT2D eigenvalue weighted by Gasteiger charge is 2.57. The molecule has 2 aliphatic rings. The fourth-order valence-corrected chi connectivity index (χ4v) is 5.49. The summed E-state index contributed by atoms with van der Waals surface area (Å²) >= 11 is 1.49. The maximum absolute atomic E-state index is 13.8. The third-order valence-electron chi connectivity index (χ3n) is 7.04. The van der Waals surface area contributed by atoms with Gasteiger partial charge in [-0.05, 0) is 36.5 Å². The Kier molecular flexibility index (Phi) is 5.81. The van der Waals surface area contributed by atoms with Crippen LogP contribution >= 0.6 is 11.3 Å². The van der Waals surface area contributed by atoms with Crippen molar-refractivity contribution in [3.05, 3.63) is 76.7 Å². The number of imide groups is 1. The molecule has 6 nitrogen and oxygen atoms in total. The highest BCUT2D eigenvalue weighted by Crippen LogP contribution is 2.45. The zero-order chi connectivity index (χ0) is 23.9. The van der Waals surface area contributed by atoms with Crippen LogP contribution in [-0.4, -0.2) is 45.6 Å². The Bertz CT molecular complexity index is 1210. The number of thiazole rings is 1. The van der Waals surface area contributed by atoms with Crippen molar-refractivity contribution in [3.8, 4) is 11.1 Å². The fourth-order valence-electron chi connectivity index (χ4n) is 4.75. The van der Waals surface area contributed by atoms with Crippen LogP contribution in [0.4, 0.5) is 0 Å². The summed E-state index contributed by atoms with van der Waals surface area (Å²) in [5.74, 6) is -0.590. The summed E-state index contributed by atoms with van der Waals surface area (Å²) in [5.41, 5.74) is 1.64. The van der Waals surface area contributed by atoms with Crippen LogP contribution in [0.5, 0.6) is 0 Å². The minimum atomic E-state index is -1.18. The number of nitrogens with zero attached hydrogens (tertiary/aromatic N) is 3. The van der Waals surface area contributed by atoms with Crippen LogP contribution in [0.15, 0.2) is 66.2 Å². The first-order valence-electron chi connectivity index (χ1n) is 11.6. The van der Waals surface area contributed by atoms with Gasteiger partial charge in [-0.1, -0.05) is 54.6 Å². The molecule has 1 aliphatic heterocycles. The van der Waals surface area contributed by atoms with Crippen molar-refractivity contribution in [3.63, 3.8) is 0 Å². The molecular weight excluding hydrogens is 446 g/mol. The number of benzene rings is 2. The largest absolute Gasteiger partial charge is 0.337 e. The van der Waals surface area contributed by atoms with E-state index in [0.29, 0.717) is 0 Å². The van der Waals surface area contributed by atoms with Crippen molar-refractivity contribution in [2.45, 2.75) is 50.1 Å². The topological polar surface area (TPSA) is 70.6 Å². The van der Waals surface area contributed by atoms with Gasteiger partial charge in [-0.2, -0.15) is 0 Å². The molecule has 2 aromatic carbocycles. The van der Waals surface area contributed by atoms with Gasteiger partial charge in [-0.15, -0.1) is 11.3 Å². The summed E-state index contributed by atoms with van der Waals surface area (Å²) in [6.45, 7) is 1.93. The molecule has 7 heteroatoms. The molecule has 0 N–H and O–H groups in total. The molecule has 2 atom stereocenters. The molecule has 0 unspecified atom stereocenters. The Morgan fingerprint density at radius 1 is 1.12 bits per heavy atom. The van der Waals surface area contributed by atoms with Gasteiger partial charge in [0.25, 0.3) is 0 Å². The van der Waals surface area contributed by atoms with Crippen LogP contribution < -0.4 is 0 Å². The second kappa shape index (κ2) is 8.80. The van der Waals surface area contributed by atoms with Crippen LogP contribution in [0, 0.1) is 0 Å². The van der Waals surface area contributed by atoms with Crippen LogP contribution in [0.25, 0.3) is 11.1 Å². The van der Waals surface area contributed by atoms with E-state index in [4.69, 9.17) is 0 Å². The predicted octanol–water partition coefficient (Wildman–Crippen LogP) is 4.58. The number of amides is 3. The second-order valence-electron chi connectivity index (χ2n) is 9.23. The van der Waals surface area contributed by atoms with Gasteiger partial charge in [0.15, 0.2) is 0 Å². The average molecular weight is 474 g/mol. The van der Waals surface area contributed by atoms with Gasteiger partial charge in [0.05, 0.1) is 11.5 Å². The van der Waals surface area contributed by atoms with E-state index in [9.17, 15) is 14.4 Å². The van der Waals surface area contributed by atoms with Gasteiger partial charge in [0, 0.05) is 37.5 Å². The SMILES string of the molecule is C[C@H](c1nccs1)N(C)C(=O)C[C@@]1(c2ccc(-c3ccccc3)cc2)CC(=O)N(C2CC2)C1=O. The summed E-state index contributed by atoms with van der Waals surface area (Å²) in [6.07, 6.45) is 3.39. The van der Waals surface area contributed by atoms with Crippen LogP contribution in [0.3, 0.4) is 0 Å². The Morgan fingerprint density at radius 3 is 2.41 bits per heavy atom. The van der Waals surface area contributed by atoms with E-state index >= 15 is 0 Å². The second-order valence-corrected chi connectivity index (χ2v) is 10.2. The maximum atomic E-state index is 13.8. The van der Waals surface area contributed by atoms with Gasteiger partial charge in [-0.25, -0.2) is 4.98 Å². The van der Waals surface area contributed by atoms with Crippen molar-refractivity contribution < 1.29 is 14.4 Å². The summed E-state index contributed by atoms with van der Waals surface area (Å²) in [6, 6.07) is 17.5. The lowest BCUT2D eigenvalue weighted by atomic mass is 9.75. The Balaban J connectivity index is 1.48. The molecule has 3 amide bonds. The van der Waals surface area contributed by atoms with Crippen LogP contribution in [0.2, 0.25) is 0 Å². The van der Waals surface area contributed by atoms with Crippen molar-refractivity contribution in [2.24, 2.45) is 0 Å². The molecule has 2 fully saturated rings. The molecule has 1 aliphatic carbocycles. The third-order valence-corrected chi connectivity index (χ3v) is 7.99. The lowest BCUT2D eigenvalue weighted by molar-refractivity contribution is -0.143. The predicted molar refractivity (Wildman–Crippen MR) is 131 cm³/mol. The Morgan fingerprint density at radius 2 is 1.79 bits per heavy atom. The standard InChI is InChI=1S/C27H27N3O3S/c1-18(25-28-14-15-34-25)29(2)23(31)16-27(17-24(32)30(26(27)33)22-12-13-22)21-10-8-20(9-11-21)19-6-4-3-5-7-19/h3-11,14-15,18,22H,12-13,16-17H2,1-2H3/t18-,27+/m1/s1. The minimum absolute atomic E-state index is 0.0208. The molecule has 5 rings (SSSR count). The van der Waals surface area contributed by atoms with Crippen molar-refractivity contribution in [1.29, 1.82) is 0 Å². The van der Waals surface area contributed by atoms with Gasteiger partial charge in [0.2, 0.25) is 17.7 Å². The summed E-state index contributed by atoms with van der Waals surface area (Å²) < 4.78 is 0. The smallest absolute Gasteiger partial charge is 0.241 e. The summed E-state index contributed by atoms with van der Waals surface area (Å²) in [7, 11) is 1.74. The van der Waals surface area contributed by atoms with E-state index in [1.165, 1.54) is 16.2 Å². The quantitative estimate of drug-likeness (QED) is 0.471. The number of rotatable bonds is 7. The number of likely N-dealkylation sites (tertiary alicyclic amines) is 1. The van der Waals surface area contributed by atoms with E-state index < -0.39 is 5.41 Å². The fraction of sp³-hybridized carbons (Fsp3) is 0.333. The first-order valence-corrected chi connectivity index (χ1v) is 12.5. The first-order chi connectivity index (χ1) is 16.4. The van der Waals surface area contributed by atoms with Gasteiger partial charge in [-0.3, -0.25) is 19.3 Å². The zero-order valence-electron chi connectivity index (χ0n) is 19.3. The van der Waals surface area contributed by atoms with Crippen molar-refractivity contribution in [1.82, 2.24) is 14.8 Å². The van der Waals surface area contributed by atoms with Crippen LogP contribution in [0.1, 0.15) is 49.2 Å². The lowest BCUT2D eigenvalue weighted by Gasteiger charge is -2.31.